The van der Waals surface area contributed by atoms with Gasteiger partial charge in [-0.25, -0.2) is 13.4 Å². The van der Waals surface area contributed by atoms with Crippen molar-refractivity contribution in [2.45, 2.75) is 36.4 Å². The number of thiophene rings is 1. The zero-order valence-corrected chi connectivity index (χ0v) is 13.3. The van der Waals surface area contributed by atoms with Gasteiger partial charge in [0.15, 0.2) is 0 Å². The first kappa shape index (κ1) is 14.3. The topological polar surface area (TPSA) is 71.1 Å². The number of hydrogen-bond donors (Lipinski definition) is 2. The summed E-state index contributed by atoms with van der Waals surface area (Å²) in [6.07, 6.45) is 4.72. The quantitative estimate of drug-likeness (QED) is 0.857. The van der Waals surface area contributed by atoms with Gasteiger partial charge in [-0.15, -0.1) is 11.3 Å². The first-order chi connectivity index (χ1) is 10.1. The maximum absolute atomic E-state index is 12.3. The minimum Gasteiger partial charge on any atom is -0.367 e. The van der Waals surface area contributed by atoms with Crippen molar-refractivity contribution in [2.24, 2.45) is 0 Å². The van der Waals surface area contributed by atoms with Crippen LogP contribution in [0.15, 0.2) is 34.7 Å². The molecular weight excluding hydrogens is 306 g/mol. The molecule has 0 spiro atoms. The lowest BCUT2D eigenvalue weighted by Crippen LogP contribution is -2.12. The van der Waals surface area contributed by atoms with E-state index < -0.39 is 10.0 Å². The van der Waals surface area contributed by atoms with Crippen molar-refractivity contribution < 1.29 is 8.42 Å². The molecule has 7 heteroatoms. The van der Waals surface area contributed by atoms with Gasteiger partial charge in [-0.3, -0.25) is 4.72 Å². The highest BCUT2D eigenvalue weighted by atomic mass is 32.2. The van der Waals surface area contributed by atoms with Crippen molar-refractivity contribution in [3.8, 4) is 0 Å². The molecule has 1 fully saturated rings. The molecule has 21 heavy (non-hydrogen) atoms. The van der Waals surface area contributed by atoms with Crippen molar-refractivity contribution in [3.05, 3.63) is 35.3 Å². The maximum Gasteiger partial charge on any atom is 0.271 e. The first-order valence-corrected chi connectivity index (χ1v) is 9.21. The highest BCUT2D eigenvalue weighted by Crippen LogP contribution is 2.26. The lowest BCUT2D eigenvalue weighted by atomic mass is 10.4. The summed E-state index contributed by atoms with van der Waals surface area (Å²) in [5, 5.41) is 3.26. The lowest BCUT2D eigenvalue weighted by Gasteiger charge is -2.07. The van der Waals surface area contributed by atoms with Gasteiger partial charge < -0.3 is 5.32 Å². The number of rotatable bonds is 6. The van der Waals surface area contributed by atoms with Crippen LogP contribution in [-0.2, 0) is 16.4 Å². The smallest absolute Gasteiger partial charge is 0.271 e. The first-order valence-electron chi connectivity index (χ1n) is 6.91. The Labute approximate surface area is 128 Å². The minimum atomic E-state index is -3.52. The Hall–Kier alpha value is -1.60. The van der Waals surface area contributed by atoms with Crippen LogP contribution in [0.3, 0.4) is 0 Å². The van der Waals surface area contributed by atoms with Crippen LogP contribution in [0, 0.1) is 0 Å². The molecule has 0 radical (unpaired) electrons. The molecule has 0 aliphatic heterocycles. The molecule has 0 amide bonds. The molecule has 0 saturated heterocycles. The van der Waals surface area contributed by atoms with E-state index in [0.29, 0.717) is 15.9 Å². The molecule has 5 nitrogen and oxygen atoms in total. The Balaban J connectivity index is 1.71. The van der Waals surface area contributed by atoms with Crippen LogP contribution in [0.25, 0.3) is 0 Å². The number of sulfonamides is 1. The Morgan fingerprint density at radius 3 is 2.67 bits per heavy atom. The molecular formula is C14H17N3O2S2. The van der Waals surface area contributed by atoms with E-state index in [0.717, 1.165) is 17.1 Å². The molecule has 1 saturated carbocycles. The van der Waals surface area contributed by atoms with Crippen molar-refractivity contribution in [2.75, 3.05) is 10.0 Å². The van der Waals surface area contributed by atoms with Gasteiger partial charge in [-0.1, -0.05) is 6.92 Å². The third kappa shape index (κ3) is 3.54. The molecule has 112 valence electrons. The van der Waals surface area contributed by atoms with Gasteiger partial charge in [0.2, 0.25) is 0 Å². The van der Waals surface area contributed by atoms with Gasteiger partial charge in [0.25, 0.3) is 10.0 Å². The van der Waals surface area contributed by atoms with Crippen LogP contribution in [-0.4, -0.2) is 19.4 Å². The number of aryl methyl sites for hydroxylation is 1. The Kier molecular flexibility index (Phi) is 3.86. The summed E-state index contributed by atoms with van der Waals surface area (Å²) < 4.78 is 27.4. The molecule has 0 aromatic carbocycles. The van der Waals surface area contributed by atoms with Crippen molar-refractivity contribution in [1.82, 2.24) is 4.98 Å². The SMILES string of the molecule is CCc1ccc(S(=O)(=O)Nc2ccc(NC3CC3)nc2)s1. The average Bonchev–Trinajstić information content (AvgIpc) is 3.13. The highest BCUT2D eigenvalue weighted by Gasteiger charge is 2.21. The molecule has 0 unspecified atom stereocenters. The van der Waals surface area contributed by atoms with E-state index in [2.05, 4.69) is 15.0 Å². The van der Waals surface area contributed by atoms with Gasteiger partial charge in [0.1, 0.15) is 10.0 Å². The summed E-state index contributed by atoms with van der Waals surface area (Å²) in [7, 11) is -3.52. The fourth-order valence-electron chi connectivity index (χ4n) is 1.87. The summed E-state index contributed by atoms with van der Waals surface area (Å²) in [6.45, 7) is 2.01. The minimum absolute atomic E-state index is 0.333. The van der Waals surface area contributed by atoms with Gasteiger partial charge in [0, 0.05) is 10.9 Å². The largest absolute Gasteiger partial charge is 0.367 e. The van der Waals surface area contributed by atoms with Crippen molar-refractivity contribution in [3.63, 3.8) is 0 Å². The van der Waals surface area contributed by atoms with Gasteiger partial charge in [0.05, 0.1) is 11.9 Å². The lowest BCUT2D eigenvalue weighted by molar-refractivity contribution is 0.603. The molecule has 2 heterocycles. The van der Waals surface area contributed by atoms with Crippen LogP contribution in [0.4, 0.5) is 11.5 Å². The van der Waals surface area contributed by atoms with Gasteiger partial charge in [-0.05, 0) is 43.5 Å². The second kappa shape index (κ2) is 5.65. The van der Waals surface area contributed by atoms with Crippen molar-refractivity contribution >= 4 is 32.9 Å². The summed E-state index contributed by atoms with van der Waals surface area (Å²) >= 11 is 1.30. The predicted molar refractivity (Wildman–Crippen MR) is 85.4 cm³/mol. The Morgan fingerprint density at radius 1 is 1.29 bits per heavy atom. The summed E-state index contributed by atoms with van der Waals surface area (Å²) in [5.74, 6) is 0.782. The Morgan fingerprint density at radius 2 is 2.10 bits per heavy atom. The van der Waals surface area contributed by atoms with E-state index in [-0.39, 0.29) is 0 Å². The average molecular weight is 323 g/mol. The maximum atomic E-state index is 12.3. The number of hydrogen-bond acceptors (Lipinski definition) is 5. The number of nitrogens with zero attached hydrogens (tertiary/aromatic N) is 1. The zero-order chi connectivity index (χ0) is 14.9. The molecule has 1 aliphatic rings. The summed E-state index contributed by atoms with van der Waals surface area (Å²) in [6, 6.07) is 7.53. The fourth-order valence-corrected chi connectivity index (χ4v) is 4.21. The Bertz CT molecular complexity index is 719. The van der Waals surface area contributed by atoms with Crippen LogP contribution in [0.5, 0.6) is 0 Å². The molecule has 3 rings (SSSR count). The van der Waals surface area contributed by atoms with Crippen molar-refractivity contribution in [1.29, 1.82) is 0 Å². The molecule has 2 N–H and O–H groups in total. The number of aromatic nitrogens is 1. The fraction of sp³-hybridized carbons (Fsp3) is 0.357. The zero-order valence-electron chi connectivity index (χ0n) is 11.7. The van der Waals surface area contributed by atoms with E-state index in [4.69, 9.17) is 0 Å². The molecule has 1 aliphatic carbocycles. The van der Waals surface area contributed by atoms with Crippen LogP contribution in [0.1, 0.15) is 24.6 Å². The van der Waals surface area contributed by atoms with E-state index >= 15 is 0 Å². The third-order valence-corrected chi connectivity index (χ3v) is 6.30. The van der Waals surface area contributed by atoms with Gasteiger partial charge >= 0.3 is 0 Å². The predicted octanol–water partition coefficient (Wildman–Crippen LogP) is 3.08. The number of nitrogens with one attached hydrogen (secondary N) is 2. The summed E-state index contributed by atoms with van der Waals surface area (Å²) in [4.78, 5) is 5.28. The van der Waals surface area contributed by atoms with E-state index in [1.54, 1.807) is 18.2 Å². The van der Waals surface area contributed by atoms with Crippen LogP contribution >= 0.6 is 11.3 Å². The molecule has 2 aromatic heterocycles. The standard InChI is InChI=1S/C14H17N3O2S2/c1-2-12-6-8-14(20-12)21(18,19)17-11-5-7-13(15-9-11)16-10-3-4-10/h5-10,17H,2-4H2,1H3,(H,15,16). The van der Waals surface area contributed by atoms with E-state index in [9.17, 15) is 8.42 Å². The monoisotopic (exact) mass is 323 g/mol. The molecule has 0 atom stereocenters. The number of pyridine rings is 1. The number of anilines is 2. The third-order valence-electron chi connectivity index (χ3n) is 3.20. The van der Waals surface area contributed by atoms with Crippen LogP contribution in [0.2, 0.25) is 0 Å². The molecule has 0 bridgehead atoms. The van der Waals surface area contributed by atoms with Crippen LogP contribution < -0.4 is 10.0 Å². The highest BCUT2D eigenvalue weighted by molar-refractivity contribution is 7.94. The van der Waals surface area contributed by atoms with Gasteiger partial charge in [-0.2, -0.15) is 0 Å². The normalized spacial score (nSPS) is 14.9. The summed E-state index contributed by atoms with van der Waals surface area (Å²) in [5.41, 5.74) is 0.475. The second-order valence-electron chi connectivity index (χ2n) is 5.03. The second-order valence-corrected chi connectivity index (χ2v) is 8.11. The van der Waals surface area contributed by atoms with E-state index in [1.807, 2.05) is 13.0 Å². The molecule has 2 aromatic rings. The van der Waals surface area contributed by atoms with E-state index in [1.165, 1.54) is 30.4 Å².